The van der Waals surface area contributed by atoms with E-state index in [1.54, 1.807) is 0 Å². The number of hydrogen-bond donors (Lipinski definition) is 1. The van der Waals surface area contributed by atoms with E-state index in [1.807, 2.05) is 0 Å². The maximum Gasteiger partial charge on any atom is 1.00 e. The minimum absolute atomic E-state index is 0. The number of rotatable bonds is 1. The van der Waals surface area contributed by atoms with Crippen LogP contribution >= 0.6 is 0 Å². The fourth-order valence-corrected chi connectivity index (χ4v) is 0.0412. The van der Waals surface area contributed by atoms with Gasteiger partial charge in [0, 0.05) is 0 Å². The summed E-state index contributed by atoms with van der Waals surface area (Å²) in [6.45, 7) is -0.150. The molecule has 0 aromatic carbocycles. The molecule has 36 valence electrons. The predicted octanol–water partition coefficient (Wildman–Crippen LogP) is -3.05. The normalized spacial score (nSPS) is 5.71. The number of carboxylic acid groups (broad SMARTS) is 1. The standard InChI is InChI=1S/C2H2O4.Li.H/c3-1-6-2(4)5;;/h1H,(H,4,5);;/q;+1;-1. The Morgan fingerprint density at radius 2 is 2.29 bits per heavy atom. The zero-order chi connectivity index (χ0) is 4.99. The van der Waals surface area contributed by atoms with Crippen molar-refractivity contribution in [3.63, 3.8) is 0 Å². The molecule has 0 fully saturated rings. The van der Waals surface area contributed by atoms with E-state index in [1.165, 1.54) is 0 Å². The van der Waals surface area contributed by atoms with E-state index in [9.17, 15) is 0 Å². The number of carbonyl (C=O) groups excluding carboxylic acids is 1. The molecule has 0 radical (unpaired) electrons. The Balaban J connectivity index is -0.000000125. The van der Waals surface area contributed by atoms with Gasteiger partial charge in [-0.05, 0) is 0 Å². The van der Waals surface area contributed by atoms with Crippen molar-refractivity contribution in [3.05, 3.63) is 0 Å². The van der Waals surface area contributed by atoms with E-state index >= 15 is 0 Å². The van der Waals surface area contributed by atoms with Gasteiger partial charge in [-0.1, -0.05) is 0 Å². The third-order valence-electron chi connectivity index (χ3n) is 0.149. The first-order chi connectivity index (χ1) is 2.77. The SMILES string of the molecule is O=COC(=O)O.[H-].[Li+]. The van der Waals surface area contributed by atoms with Gasteiger partial charge < -0.3 is 11.3 Å². The van der Waals surface area contributed by atoms with E-state index in [2.05, 4.69) is 4.74 Å². The molecule has 0 aromatic heterocycles. The van der Waals surface area contributed by atoms with Crippen molar-refractivity contribution in [2.45, 2.75) is 0 Å². The third-order valence-corrected chi connectivity index (χ3v) is 0.149. The summed E-state index contributed by atoms with van der Waals surface area (Å²) >= 11 is 0. The molecule has 0 rings (SSSR count). The van der Waals surface area contributed by atoms with Crippen molar-refractivity contribution in [3.8, 4) is 0 Å². The predicted molar refractivity (Wildman–Crippen MR) is 16.3 cm³/mol. The summed E-state index contributed by atoms with van der Waals surface area (Å²) in [6, 6.07) is 0. The zero-order valence-electron chi connectivity index (χ0n) is 4.75. The molecule has 0 aliphatic carbocycles. The molecule has 0 unspecified atom stereocenters. The van der Waals surface area contributed by atoms with Crippen molar-refractivity contribution >= 4 is 12.6 Å². The van der Waals surface area contributed by atoms with Gasteiger partial charge in [0.1, 0.15) is 0 Å². The molecule has 4 nitrogen and oxygen atoms in total. The van der Waals surface area contributed by atoms with Crippen LogP contribution in [0.25, 0.3) is 0 Å². The fourth-order valence-electron chi connectivity index (χ4n) is 0.0412. The summed E-state index contributed by atoms with van der Waals surface area (Å²) < 4.78 is 3.28. The molecule has 0 amide bonds. The van der Waals surface area contributed by atoms with Gasteiger partial charge in [-0.2, -0.15) is 0 Å². The Morgan fingerprint density at radius 3 is 2.29 bits per heavy atom. The monoisotopic (exact) mass is 98.0 g/mol. The second-order valence-electron chi connectivity index (χ2n) is 0.480. The van der Waals surface area contributed by atoms with Crippen molar-refractivity contribution in [2.75, 3.05) is 0 Å². The van der Waals surface area contributed by atoms with E-state index in [-0.39, 0.29) is 26.8 Å². The molecule has 5 heteroatoms. The minimum atomic E-state index is -1.58. The van der Waals surface area contributed by atoms with Crippen LogP contribution in [-0.2, 0) is 9.53 Å². The Labute approximate surface area is 53.1 Å². The van der Waals surface area contributed by atoms with Crippen LogP contribution in [0.2, 0.25) is 0 Å². The van der Waals surface area contributed by atoms with Crippen LogP contribution in [0, 0.1) is 0 Å². The third kappa shape index (κ3) is 10.8. The Bertz CT molecular complexity index is 74.4. The molecular formula is C2H3LiO4. The first kappa shape index (κ1) is 9.74. The molecule has 0 saturated heterocycles. The smallest absolute Gasteiger partial charge is 1.00 e. The maximum atomic E-state index is 9.15. The molecule has 7 heavy (non-hydrogen) atoms. The average Bonchev–Trinajstić information content (AvgIpc) is 1.35. The second-order valence-corrected chi connectivity index (χ2v) is 0.480. The Hall–Kier alpha value is -0.463. The molecule has 0 spiro atoms. The van der Waals surface area contributed by atoms with Crippen LogP contribution in [0.4, 0.5) is 4.79 Å². The molecule has 0 saturated carbocycles. The van der Waals surface area contributed by atoms with Crippen molar-refractivity contribution < 1.29 is 39.7 Å². The summed E-state index contributed by atoms with van der Waals surface area (Å²) in [7, 11) is 0. The summed E-state index contributed by atoms with van der Waals surface area (Å²) in [6.07, 6.45) is -1.58. The van der Waals surface area contributed by atoms with Crippen LogP contribution in [-0.4, -0.2) is 17.7 Å². The molecular weight excluding hydrogens is 95.0 g/mol. The van der Waals surface area contributed by atoms with Gasteiger partial charge in [0.2, 0.25) is 0 Å². The first-order valence-corrected chi connectivity index (χ1v) is 1.10. The molecule has 0 heterocycles. The Morgan fingerprint density at radius 1 is 1.86 bits per heavy atom. The minimum Gasteiger partial charge on any atom is -1.00 e. The summed E-state index contributed by atoms with van der Waals surface area (Å²) in [5.74, 6) is 0. The van der Waals surface area contributed by atoms with Gasteiger partial charge in [-0.3, -0.25) is 4.79 Å². The van der Waals surface area contributed by atoms with Crippen molar-refractivity contribution in [1.82, 2.24) is 0 Å². The average molecular weight is 98.0 g/mol. The molecule has 0 aliphatic rings. The fraction of sp³-hybridized carbons (Fsp3) is 0. The largest absolute Gasteiger partial charge is 1.00 e. The molecule has 0 aromatic rings. The van der Waals surface area contributed by atoms with Gasteiger partial charge in [0.25, 0.3) is 0 Å². The van der Waals surface area contributed by atoms with Crippen LogP contribution in [0.1, 0.15) is 1.43 Å². The Kier molecular flexibility index (Phi) is 7.70. The van der Waals surface area contributed by atoms with E-state index in [0.717, 1.165) is 0 Å². The van der Waals surface area contributed by atoms with Crippen LogP contribution in [0.5, 0.6) is 0 Å². The number of carbonyl (C=O) groups is 2. The van der Waals surface area contributed by atoms with Crippen LogP contribution in [0.3, 0.4) is 0 Å². The van der Waals surface area contributed by atoms with E-state index in [4.69, 9.17) is 14.7 Å². The maximum absolute atomic E-state index is 9.15. The molecule has 0 atom stereocenters. The second kappa shape index (κ2) is 5.54. The number of ether oxygens (including phenoxy) is 1. The van der Waals surface area contributed by atoms with Gasteiger partial charge in [0.05, 0.1) is 0 Å². The van der Waals surface area contributed by atoms with Gasteiger partial charge in [-0.15, -0.1) is 0 Å². The molecule has 0 aliphatic heterocycles. The zero-order valence-corrected chi connectivity index (χ0v) is 3.75. The quantitative estimate of drug-likeness (QED) is 0.164. The number of hydrogen-bond acceptors (Lipinski definition) is 3. The van der Waals surface area contributed by atoms with E-state index in [0.29, 0.717) is 0 Å². The van der Waals surface area contributed by atoms with Crippen molar-refractivity contribution in [1.29, 1.82) is 0 Å². The van der Waals surface area contributed by atoms with Crippen LogP contribution < -0.4 is 18.9 Å². The molecule has 1 N–H and O–H groups in total. The summed E-state index contributed by atoms with van der Waals surface area (Å²) in [4.78, 5) is 18.2. The van der Waals surface area contributed by atoms with Crippen LogP contribution in [0.15, 0.2) is 0 Å². The van der Waals surface area contributed by atoms with Gasteiger partial charge >= 0.3 is 31.5 Å². The van der Waals surface area contributed by atoms with Crippen molar-refractivity contribution in [2.24, 2.45) is 0 Å². The molecule has 0 bridgehead atoms. The van der Waals surface area contributed by atoms with Gasteiger partial charge in [0.15, 0.2) is 0 Å². The summed E-state index contributed by atoms with van der Waals surface area (Å²) in [5.41, 5.74) is 0. The topological polar surface area (TPSA) is 63.6 Å². The summed E-state index contributed by atoms with van der Waals surface area (Å²) in [5, 5.41) is 7.46. The van der Waals surface area contributed by atoms with E-state index < -0.39 is 6.16 Å². The first-order valence-electron chi connectivity index (χ1n) is 1.10. The van der Waals surface area contributed by atoms with Gasteiger partial charge in [-0.25, -0.2) is 4.79 Å².